The number of rotatable bonds is 4. The van der Waals surface area contributed by atoms with E-state index in [0.717, 1.165) is 11.1 Å². The second-order valence-electron chi connectivity index (χ2n) is 4.34. The summed E-state index contributed by atoms with van der Waals surface area (Å²) in [6, 6.07) is 16.7. The lowest BCUT2D eigenvalue weighted by Crippen LogP contribution is -2.28. The number of aliphatic hydroxyl groups is 1. The van der Waals surface area contributed by atoms with Crippen molar-refractivity contribution in [2.45, 2.75) is 18.6 Å². The summed E-state index contributed by atoms with van der Waals surface area (Å²) in [4.78, 5) is 0. The molecule has 0 unspecified atom stereocenters. The Kier molecular flexibility index (Phi) is 4.37. The summed E-state index contributed by atoms with van der Waals surface area (Å²) >= 11 is 5.92. The van der Waals surface area contributed by atoms with E-state index in [1.54, 1.807) is 12.1 Å². The predicted molar refractivity (Wildman–Crippen MR) is 74.5 cm³/mol. The van der Waals surface area contributed by atoms with Crippen LogP contribution in [-0.4, -0.2) is 11.2 Å². The van der Waals surface area contributed by atoms with Crippen LogP contribution >= 0.6 is 11.6 Å². The molecule has 2 atom stereocenters. The standard InChI is InChI=1S/C15H16ClNO/c16-13-8-4-7-12(10-13)15(17)14(18)9-11-5-2-1-3-6-11/h1-8,10,14-15,18H,9,17H2/t14-,15+/m1/s1. The zero-order chi connectivity index (χ0) is 13.0. The van der Waals surface area contributed by atoms with Crippen LogP contribution in [0, 0.1) is 0 Å². The molecule has 3 N–H and O–H groups in total. The molecule has 2 aromatic rings. The first-order valence-corrected chi connectivity index (χ1v) is 6.27. The lowest BCUT2D eigenvalue weighted by atomic mass is 9.97. The van der Waals surface area contributed by atoms with E-state index in [2.05, 4.69) is 0 Å². The van der Waals surface area contributed by atoms with Gasteiger partial charge < -0.3 is 10.8 Å². The first-order valence-electron chi connectivity index (χ1n) is 5.90. The minimum absolute atomic E-state index is 0.427. The third kappa shape index (κ3) is 3.33. The van der Waals surface area contributed by atoms with Gasteiger partial charge in [0.2, 0.25) is 0 Å². The molecule has 0 aliphatic rings. The van der Waals surface area contributed by atoms with Crippen LogP contribution in [0.4, 0.5) is 0 Å². The quantitative estimate of drug-likeness (QED) is 0.889. The lowest BCUT2D eigenvalue weighted by molar-refractivity contribution is 0.145. The van der Waals surface area contributed by atoms with Gasteiger partial charge >= 0.3 is 0 Å². The van der Waals surface area contributed by atoms with Crippen molar-refractivity contribution in [2.75, 3.05) is 0 Å². The minimum atomic E-state index is -0.620. The number of nitrogens with two attached hydrogens (primary N) is 1. The Morgan fingerprint density at radius 2 is 1.78 bits per heavy atom. The van der Waals surface area contributed by atoms with Crippen LogP contribution < -0.4 is 5.73 Å². The predicted octanol–water partition coefficient (Wildman–Crippen LogP) is 2.94. The van der Waals surface area contributed by atoms with Crippen LogP contribution in [0.5, 0.6) is 0 Å². The second-order valence-corrected chi connectivity index (χ2v) is 4.77. The maximum Gasteiger partial charge on any atom is 0.0773 e. The van der Waals surface area contributed by atoms with Crippen molar-refractivity contribution >= 4 is 11.6 Å². The molecule has 0 aliphatic carbocycles. The second kappa shape index (κ2) is 6.01. The monoisotopic (exact) mass is 261 g/mol. The molecule has 0 saturated heterocycles. The highest BCUT2D eigenvalue weighted by Crippen LogP contribution is 2.20. The number of aliphatic hydroxyl groups excluding tert-OH is 1. The summed E-state index contributed by atoms with van der Waals surface area (Å²) in [5.41, 5.74) is 7.97. The fourth-order valence-corrected chi connectivity index (χ4v) is 2.12. The molecule has 2 rings (SSSR count). The topological polar surface area (TPSA) is 46.2 Å². The molecule has 2 nitrogen and oxygen atoms in total. The van der Waals surface area contributed by atoms with Gasteiger partial charge in [-0.1, -0.05) is 54.1 Å². The maximum absolute atomic E-state index is 10.1. The van der Waals surface area contributed by atoms with Gasteiger partial charge in [-0.25, -0.2) is 0 Å². The smallest absolute Gasteiger partial charge is 0.0773 e. The fourth-order valence-electron chi connectivity index (χ4n) is 1.92. The summed E-state index contributed by atoms with van der Waals surface area (Å²) in [6.45, 7) is 0. The Morgan fingerprint density at radius 1 is 1.06 bits per heavy atom. The molecule has 0 heterocycles. The number of benzene rings is 2. The molecule has 0 saturated carbocycles. The fraction of sp³-hybridized carbons (Fsp3) is 0.200. The number of hydrogen-bond acceptors (Lipinski definition) is 2. The van der Waals surface area contributed by atoms with E-state index in [1.165, 1.54) is 0 Å². The largest absolute Gasteiger partial charge is 0.391 e. The molecule has 0 radical (unpaired) electrons. The third-order valence-corrected chi connectivity index (χ3v) is 3.17. The molecule has 0 amide bonds. The van der Waals surface area contributed by atoms with Crippen molar-refractivity contribution < 1.29 is 5.11 Å². The van der Waals surface area contributed by atoms with Crippen molar-refractivity contribution in [3.63, 3.8) is 0 Å². The van der Waals surface area contributed by atoms with Crippen LogP contribution in [0.15, 0.2) is 54.6 Å². The Bertz CT molecular complexity index is 501. The van der Waals surface area contributed by atoms with Crippen LogP contribution in [0.2, 0.25) is 5.02 Å². The Morgan fingerprint density at radius 3 is 2.44 bits per heavy atom. The van der Waals surface area contributed by atoms with Crippen LogP contribution in [0.3, 0.4) is 0 Å². The molecule has 0 aliphatic heterocycles. The molecule has 0 spiro atoms. The normalized spacial score (nSPS) is 14.2. The Hall–Kier alpha value is -1.35. The van der Waals surface area contributed by atoms with Gasteiger partial charge in [-0.15, -0.1) is 0 Å². The summed E-state index contributed by atoms with van der Waals surface area (Å²) in [5, 5.41) is 10.8. The Balaban J connectivity index is 2.07. The molecule has 0 bridgehead atoms. The number of halogens is 1. The average molecular weight is 262 g/mol. The van der Waals surface area contributed by atoms with Gasteiger partial charge in [0.1, 0.15) is 0 Å². The van der Waals surface area contributed by atoms with Gasteiger partial charge in [-0.3, -0.25) is 0 Å². The molecule has 18 heavy (non-hydrogen) atoms. The van der Waals surface area contributed by atoms with Gasteiger partial charge in [-0.2, -0.15) is 0 Å². The summed E-state index contributed by atoms with van der Waals surface area (Å²) in [7, 11) is 0. The van der Waals surface area contributed by atoms with Gasteiger partial charge in [0.15, 0.2) is 0 Å². The van der Waals surface area contributed by atoms with Crippen LogP contribution in [0.25, 0.3) is 0 Å². The van der Waals surface area contributed by atoms with E-state index in [0.29, 0.717) is 11.4 Å². The van der Waals surface area contributed by atoms with Gasteiger partial charge in [0.05, 0.1) is 12.1 Å². The van der Waals surface area contributed by atoms with Crippen molar-refractivity contribution in [1.82, 2.24) is 0 Å². The van der Waals surface area contributed by atoms with Crippen molar-refractivity contribution in [2.24, 2.45) is 5.73 Å². The van der Waals surface area contributed by atoms with Crippen LogP contribution in [0.1, 0.15) is 17.2 Å². The SMILES string of the molecule is N[C@@H](c1cccc(Cl)c1)[C@H](O)Cc1ccccc1. The first kappa shape index (κ1) is 13.1. The lowest BCUT2D eigenvalue weighted by Gasteiger charge is -2.19. The highest BCUT2D eigenvalue weighted by Gasteiger charge is 2.17. The van der Waals surface area contributed by atoms with Gasteiger partial charge in [-0.05, 0) is 23.3 Å². The molecular weight excluding hydrogens is 246 g/mol. The van der Waals surface area contributed by atoms with E-state index in [9.17, 15) is 5.11 Å². The zero-order valence-corrected chi connectivity index (χ0v) is 10.7. The van der Waals surface area contributed by atoms with Crippen molar-refractivity contribution in [3.05, 3.63) is 70.7 Å². The summed E-state index contributed by atoms with van der Waals surface area (Å²) < 4.78 is 0. The summed E-state index contributed by atoms with van der Waals surface area (Å²) in [6.07, 6.45) is -0.0833. The molecule has 0 fully saturated rings. The van der Waals surface area contributed by atoms with Gasteiger partial charge in [0.25, 0.3) is 0 Å². The highest BCUT2D eigenvalue weighted by atomic mass is 35.5. The van der Waals surface area contributed by atoms with E-state index in [-0.39, 0.29) is 0 Å². The highest BCUT2D eigenvalue weighted by molar-refractivity contribution is 6.30. The zero-order valence-electron chi connectivity index (χ0n) is 9.96. The maximum atomic E-state index is 10.1. The van der Waals surface area contributed by atoms with E-state index < -0.39 is 12.1 Å². The molecule has 2 aromatic carbocycles. The number of hydrogen-bond donors (Lipinski definition) is 2. The molecule has 94 valence electrons. The van der Waals surface area contributed by atoms with E-state index >= 15 is 0 Å². The minimum Gasteiger partial charge on any atom is -0.391 e. The van der Waals surface area contributed by atoms with Crippen LogP contribution in [-0.2, 0) is 6.42 Å². The Labute approximate surface area is 112 Å². The average Bonchev–Trinajstić information content (AvgIpc) is 2.39. The third-order valence-electron chi connectivity index (χ3n) is 2.94. The van der Waals surface area contributed by atoms with E-state index in [4.69, 9.17) is 17.3 Å². The molecular formula is C15H16ClNO. The van der Waals surface area contributed by atoms with Crippen molar-refractivity contribution in [1.29, 1.82) is 0 Å². The van der Waals surface area contributed by atoms with Gasteiger partial charge in [0, 0.05) is 11.4 Å². The van der Waals surface area contributed by atoms with Crippen molar-refractivity contribution in [3.8, 4) is 0 Å². The molecule has 3 heteroatoms. The first-order chi connectivity index (χ1) is 8.66. The molecule has 0 aromatic heterocycles. The van der Waals surface area contributed by atoms with E-state index in [1.807, 2.05) is 42.5 Å². The summed E-state index contributed by atoms with van der Waals surface area (Å²) in [5.74, 6) is 0.